The predicted molar refractivity (Wildman–Crippen MR) is 90.4 cm³/mol. The molecule has 118 valence electrons. The highest BCUT2D eigenvalue weighted by atomic mass is 32.2. The van der Waals surface area contributed by atoms with Gasteiger partial charge in [0.15, 0.2) is 5.65 Å². The van der Waals surface area contributed by atoms with Crippen LogP contribution in [0.3, 0.4) is 0 Å². The standard InChI is InChI=1S/C17H23N3OS/c1-2-15-17(18-7-1)20(14-5-10-22-11-6-14)16(19-15)12-13-3-8-21-9-4-13/h1-2,7,13-14H,3-6,8-12H2. The second kappa shape index (κ2) is 6.59. The lowest BCUT2D eigenvalue weighted by Gasteiger charge is -2.27. The van der Waals surface area contributed by atoms with Gasteiger partial charge in [0.2, 0.25) is 0 Å². The van der Waals surface area contributed by atoms with E-state index in [0.717, 1.165) is 43.6 Å². The lowest BCUT2D eigenvalue weighted by molar-refractivity contribution is 0.0656. The molecule has 0 aromatic carbocycles. The summed E-state index contributed by atoms with van der Waals surface area (Å²) < 4.78 is 7.96. The van der Waals surface area contributed by atoms with Gasteiger partial charge >= 0.3 is 0 Å². The van der Waals surface area contributed by atoms with Crippen LogP contribution in [0.25, 0.3) is 11.2 Å². The molecule has 0 amide bonds. The molecule has 4 heterocycles. The first-order valence-electron chi connectivity index (χ1n) is 8.39. The Labute approximate surface area is 135 Å². The van der Waals surface area contributed by atoms with Crippen LogP contribution in [0.15, 0.2) is 18.3 Å². The van der Waals surface area contributed by atoms with E-state index in [9.17, 15) is 0 Å². The molecule has 0 saturated carbocycles. The van der Waals surface area contributed by atoms with Crippen molar-refractivity contribution in [1.82, 2.24) is 14.5 Å². The van der Waals surface area contributed by atoms with E-state index in [1.165, 1.54) is 30.2 Å². The molecule has 0 unspecified atom stereocenters. The van der Waals surface area contributed by atoms with Gasteiger partial charge in [0, 0.05) is 31.9 Å². The molecule has 2 fully saturated rings. The van der Waals surface area contributed by atoms with Crippen LogP contribution in [0.5, 0.6) is 0 Å². The van der Waals surface area contributed by atoms with Gasteiger partial charge in [-0.3, -0.25) is 0 Å². The largest absolute Gasteiger partial charge is 0.381 e. The highest BCUT2D eigenvalue weighted by Crippen LogP contribution is 2.32. The van der Waals surface area contributed by atoms with Gasteiger partial charge in [0.1, 0.15) is 11.3 Å². The van der Waals surface area contributed by atoms with Crippen molar-refractivity contribution in [3.8, 4) is 0 Å². The van der Waals surface area contributed by atoms with E-state index in [0.29, 0.717) is 12.0 Å². The molecule has 2 saturated heterocycles. The summed E-state index contributed by atoms with van der Waals surface area (Å²) in [6, 6.07) is 4.68. The Kier molecular flexibility index (Phi) is 4.35. The highest BCUT2D eigenvalue weighted by molar-refractivity contribution is 7.99. The van der Waals surface area contributed by atoms with Crippen LogP contribution in [-0.4, -0.2) is 39.3 Å². The summed E-state index contributed by atoms with van der Waals surface area (Å²) >= 11 is 2.07. The van der Waals surface area contributed by atoms with Gasteiger partial charge in [-0.25, -0.2) is 9.97 Å². The smallest absolute Gasteiger partial charge is 0.160 e. The third-order valence-corrected chi connectivity index (χ3v) is 5.94. The van der Waals surface area contributed by atoms with Gasteiger partial charge in [-0.1, -0.05) is 0 Å². The number of pyridine rings is 1. The number of fused-ring (bicyclic) bond motifs is 1. The summed E-state index contributed by atoms with van der Waals surface area (Å²) in [7, 11) is 0. The minimum Gasteiger partial charge on any atom is -0.381 e. The zero-order chi connectivity index (χ0) is 14.8. The van der Waals surface area contributed by atoms with Crippen LogP contribution < -0.4 is 0 Å². The van der Waals surface area contributed by atoms with Gasteiger partial charge in [-0.15, -0.1) is 0 Å². The van der Waals surface area contributed by atoms with Crippen LogP contribution >= 0.6 is 11.8 Å². The number of aromatic nitrogens is 3. The number of hydrogen-bond acceptors (Lipinski definition) is 4. The number of nitrogens with zero attached hydrogens (tertiary/aromatic N) is 3. The Bertz CT molecular complexity index is 630. The van der Waals surface area contributed by atoms with Gasteiger partial charge in [-0.05, 0) is 55.2 Å². The lowest BCUT2D eigenvalue weighted by atomic mass is 9.96. The number of imidazole rings is 1. The Balaban J connectivity index is 1.68. The molecule has 4 rings (SSSR count). The molecule has 4 nitrogen and oxygen atoms in total. The summed E-state index contributed by atoms with van der Waals surface area (Å²) in [6.07, 6.45) is 7.79. The maximum absolute atomic E-state index is 5.50. The molecule has 0 radical (unpaired) electrons. The van der Waals surface area contributed by atoms with Crippen molar-refractivity contribution in [2.45, 2.75) is 38.1 Å². The van der Waals surface area contributed by atoms with Crippen LogP contribution in [0.2, 0.25) is 0 Å². The quantitative estimate of drug-likeness (QED) is 0.869. The molecule has 0 spiro atoms. The van der Waals surface area contributed by atoms with Gasteiger partial charge in [0.25, 0.3) is 0 Å². The second-order valence-electron chi connectivity index (χ2n) is 6.35. The van der Waals surface area contributed by atoms with Crippen LogP contribution in [0.1, 0.15) is 37.5 Å². The zero-order valence-corrected chi connectivity index (χ0v) is 13.7. The van der Waals surface area contributed by atoms with Crippen molar-refractivity contribution in [2.75, 3.05) is 24.7 Å². The van der Waals surface area contributed by atoms with E-state index in [1.807, 2.05) is 12.3 Å². The Morgan fingerprint density at radius 1 is 1.18 bits per heavy atom. The van der Waals surface area contributed by atoms with Crippen LogP contribution in [-0.2, 0) is 11.2 Å². The van der Waals surface area contributed by atoms with Gasteiger partial charge in [0.05, 0.1) is 0 Å². The molecule has 0 N–H and O–H groups in total. The van der Waals surface area contributed by atoms with E-state index in [-0.39, 0.29) is 0 Å². The molecule has 2 aliphatic heterocycles. The fraction of sp³-hybridized carbons (Fsp3) is 0.647. The Morgan fingerprint density at radius 3 is 2.82 bits per heavy atom. The summed E-state index contributed by atoms with van der Waals surface area (Å²) in [5.41, 5.74) is 2.14. The van der Waals surface area contributed by atoms with E-state index in [1.54, 1.807) is 0 Å². The Hall–Kier alpha value is -1.07. The molecular weight excluding hydrogens is 294 g/mol. The first-order valence-corrected chi connectivity index (χ1v) is 9.54. The fourth-order valence-corrected chi connectivity index (χ4v) is 4.74. The maximum Gasteiger partial charge on any atom is 0.160 e. The summed E-state index contributed by atoms with van der Waals surface area (Å²) in [6.45, 7) is 1.81. The summed E-state index contributed by atoms with van der Waals surface area (Å²) in [5, 5.41) is 0. The van der Waals surface area contributed by atoms with Crippen molar-refractivity contribution in [2.24, 2.45) is 5.92 Å². The molecule has 5 heteroatoms. The van der Waals surface area contributed by atoms with Crippen LogP contribution in [0, 0.1) is 5.92 Å². The normalized spacial score (nSPS) is 21.5. The molecule has 2 aliphatic rings. The fourth-order valence-electron chi connectivity index (χ4n) is 3.66. The van der Waals surface area contributed by atoms with Crippen molar-refractivity contribution in [1.29, 1.82) is 0 Å². The number of rotatable bonds is 3. The highest BCUT2D eigenvalue weighted by Gasteiger charge is 2.24. The molecule has 0 bridgehead atoms. The van der Waals surface area contributed by atoms with Crippen molar-refractivity contribution in [3.05, 3.63) is 24.2 Å². The van der Waals surface area contributed by atoms with E-state index < -0.39 is 0 Å². The number of ether oxygens (including phenoxy) is 1. The van der Waals surface area contributed by atoms with Gasteiger partial charge < -0.3 is 9.30 Å². The summed E-state index contributed by atoms with van der Waals surface area (Å²) in [5.74, 6) is 4.47. The Morgan fingerprint density at radius 2 is 2.00 bits per heavy atom. The van der Waals surface area contributed by atoms with Crippen molar-refractivity contribution >= 4 is 22.9 Å². The molecular formula is C17H23N3OS. The minimum atomic E-state index is 0.580. The predicted octanol–water partition coefficient (Wildman–Crippen LogP) is 3.47. The van der Waals surface area contributed by atoms with Crippen LogP contribution in [0.4, 0.5) is 0 Å². The average molecular weight is 317 g/mol. The van der Waals surface area contributed by atoms with E-state index in [2.05, 4.69) is 27.4 Å². The molecule has 2 aromatic heterocycles. The first-order chi connectivity index (χ1) is 10.9. The van der Waals surface area contributed by atoms with E-state index >= 15 is 0 Å². The average Bonchev–Trinajstić information content (AvgIpc) is 2.94. The molecule has 0 aliphatic carbocycles. The van der Waals surface area contributed by atoms with Crippen molar-refractivity contribution in [3.63, 3.8) is 0 Å². The molecule has 2 aromatic rings. The SMILES string of the molecule is c1cnc2c(c1)nc(CC1CCOCC1)n2C1CCSCC1. The maximum atomic E-state index is 5.50. The third kappa shape index (κ3) is 2.88. The zero-order valence-electron chi connectivity index (χ0n) is 12.9. The number of hydrogen-bond donors (Lipinski definition) is 0. The third-order valence-electron chi connectivity index (χ3n) is 4.89. The van der Waals surface area contributed by atoms with Gasteiger partial charge in [-0.2, -0.15) is 11.8 Å². The topological polar surface area (TPSA) is 39.9 Å². The van der Waals surface area contributed by atoms with E-state index in [4.69, 9.17) is 9.72 Å². The lowest BCUT2D eigenvalue weighted by Crippen LogP contribution is -2.22. The number of thioether (sulfide) groups is 1. The summed E-state index contributed by atoms with van der Waals surface area (Å²) in [4.78, 5) is 9.57. The second-order valence-corrected chi connectivity index (χ2v) is 7.57. The molecule has 22 heavy (non-hydrogen) atoms. The van der Waals surface area contributed by atoms with Crippen molar-refractivity contribution < 1.29 is 4.74 Å². The monoisotopic (exact) mass is 317 g/mol. The molecule has 0 atom stereocenters. The minimum absolute atomic E-state index is 0.580. The first kappa shape index (κ1) is 14.5.